The molecule has 0 aliphatic carbocycles. The summed E-state index contributed by atoms with van der Waals surface area (Å²) < 4.78 is 7.15. The first-order chi connectivity index (χ1) is 34.2. The lowest BCUT2D eigenvalue weighted by atomic mass is 9.82. The molecule has 0 aromatic heterocycles. The predicted molar refractivity (Wildman–Crippen MR) is 291 cm³/mol. The maximum absolute atomic E-state index is 7.15. The molecule has 0 saturated heterocycles. The Bertz CT molecular complexity index is 3790. The van der Waals surface area contributed by atoms with Gasteiger partial charge in [-0.3, -0.25) is 0 Å². The molecule has 0 saturated carbocycles. The van der Waals surface area contributed by atoms with E-state index < -0.39 is 0 Å². The topological polar surface area (TPSA) is 12.5 Å². The highest BCUT2D eigenvalue weighted by molar-refractivity contribution is 6.07. The minimum Gasteiger partial charge on any atom is -0.488 e. The fourth-order valence-corrected chi connectivity index (χ4v) is 10.7. The van der Waals surface area contributed by atoms with E-state index in [4.69, 9.17) is 4.74 Å². The molecule has 12 aromatic carbocycles. The van der Waals surface area contributed by atoms with Gasteiger partial charge in [0.1, 0.15) is 12.4 Å². The SMILES string of the molecule is c1ccc(-c2ccc(N(c3ccc(-c4ccccc4)cc3)c3cccc4cc(-c5cccc6c5-c5ccccc5-c5ccc7ccccc7c5COc5c-6ccc6ccccc56)ccc34)cc2)cc1. The Kier molecular flexibility index (Phi) is 9.95. The van der Waals surface area contributed by atoms with Crippen molar-refractivity contribution in [1.82, 2.24) is 0 Å². The molecule has 0 unspecified atom stereocenters. The van der Waals surface area contributed by atoms with Crippen LogP contribution >= 0.6 is 0 Å². The summed E-state index contributed by atoms with van der Waals surface area (Å²) in [6.07, 6.45) is 0. The van der Waals surface area contributed by atoms with E-state index in [1.54, 1.807) is 0 Å². The molecule has 0 spiro atoms. The first-order valence-electron chi connectivity index (χ1n) is 23.8. The van der Waals surface area contributed by atoms with Gasteiger partial charge in [-0.1, -0.05) is 218 Å². The molecule has 0 bridgehead atoms. The molecule has 13 rings (SSSR count). The van der Waals surface area contributed by atoms with Crippen LogP contribution in [0.1, 0.15) is 5.56 Å². The minimum atomic E-state index is 0.444. The van der Waals surface area contributed by atoms with Gasteiger partial charge in [0.2, 0.25) is 0 Å². The number of anilines is 3. The van der Waals surface area contributed by atoms with E-state index in [1.165, 1.54) is 71.8 Å². The van der Waals surface area contributed by atoms with E-state index in [2.05, 4.69) is 266 Å². The third kappa shape index (κ3) is 7.13. The lowest BCUT2D eigenvalue weighted by molar-refractivity contribution is 0.313. The van der Waals surface area contributed by atoms with Crippen molar-refractivity contribution >= 4 is 49.4 Å². The van der Waals surface area contributed by atoms with Crippen molar-refractivity contribution in [3.8, 4) is 72.5 Å². The van der Waals surface area contributed by atoms with Gasteiger partial charge >= 0.3 is 0 Å². The van der Waals surface area contributed by atoms with Crippen molar-refractivity contribution in [2.45, 2.75) is 6.61 Å². The highest BCUT2D eigenvalue weighted by Crippen LogP contribution is 2.50. The molecule has 0 amide bonds. The third-order valence-electron chi connectivity index (χ3n) is 14.0. The predicted octanol–water partition coefficient (Wildman–Crippen LogP) is 18.5. The van der Waals surface area contributed by atoms with Gasteiger partial charge in [-0.15, -0.1) is 0 Å². The van der Waals surface area contributed by atoms with Gasteiger partial charge in [0, 0.05) is 33.3 Å². The summed E-state index contributed by atoms with van der Waals surface area (Å²) >= 11 is 0. The Morgan fingerprint density at radius 1 is 0.290 bits per heavy atom. The average Bonchev–Trinajstić information content (AvgIpc) is 3.43. The van der Waals surface area contributed by atoms with E-state index >= 15 is 0 Å². The van der Waals surface area contributed by atoms with E-state index in [-0.39, 0.29) is 0 Å². The maximum Gasteiger partial charge on any atom is 0.135 e. The third-order valence-corrected chi connectivity index (χ3v) is 14.0. The number of hydrogen-bond acceptors (Lipinski definition) is 2. The van der Waals surface area contributed by atoms with E-state index in [1.807, 2.05) is 0 Å². The number of nitrogens with zero attached hydrogens (tertiary/aromatic N) is 1. The lowest BCUT2D eigenvalue weighted by Crippen LogP contribution is -2.10. The summed E-state index contributed by atoms with van der Waals surface area (Å²) in [7, 11) is 0. The van der Waals surface area contributed by atoms with E-state index in [9.17, 15) is 0 Å². The van der Waals surface area contributed by atoms with Crippen molar-refractivity contribution in [3.63, 3.8) is 0 Å². The molecule has 69 heavy (non-hydrogen) atoms. The number of fused-ring (bicyclic) bond motifs is 12. The monoisotopic (exact) mass is 879 g/mol. The Balaban J connectivity index is 1.00. The summed E-state index contributed by atoms with van der Waals surface area (Å²) in [4.78, 5) is 2.40. The molecule has 0 atom stereocenters. The van der Waals surface area contributed by atoms with Gasteiger partial charge < -0.3 is 9.64 Å². The van der Waals surface area contributed by atoms with Gasteiger partial charge in [0.15, 0.2) is 0 Å². The van der Waals surface area contributed by atoms with Crippen LogP contribution in [0.2, 0.25) is 0 Å². The van der Waals surface area contributed by atoms with Crippen LogP contribution in [0.3, 0.4) is 0 Å². The maximum atomic E-state index is 7.15. The zero-order valence-corrected chi connectivity index (χ0v) is 37.9. The highest BCUT2D eigenvalue weighted by atomic mass is 16.5. The standard InChI is InChI=1S/C67H45NO/c1-3-15-45(16-4-1)47-29-36-53(37-30-47)68(54-38-31-48(32-39-54)46-17-5-2-6-18-46)65-28-13-21-51-43-52(35-40-56(51)65)57-26-14-27-62-63-42-34-50-20-8-10-23-58(50)67(63)69-44-64-55-22-9-7-19-49(55)33-41-60(64)59-24-11-12-25-61(59)66(57)62/h1-43H,44H2. The second kappa shape index (κ2) is 17.0. The summed E-state index contributed by atoms with van der Waals surface area (Å²) in [6, 6.07) is 94.9. The highest BCUT2D eigenvalue weighted by Gasteiger charge is 2.25. The summed E-state index contributed by atoms with van der Waals surface area (Å²) in [6.45, 7) is 0.444. The first kappa shape index (κ1) is 40.3. The van der Waals surface area contributed by atoms with Crippen molar-refractivity contribution in [2.75, 3.05) is 4.90 Å². The van der Waals surface area contributed by atoms with Crippen LogP contribution in [0.15, 0.2) is 261 Å². The van der Waals surface area contributed by atoms with Crippen LogP contribution in [-0.2, 0) is 6.61 Å². The Labute approximate surface area is 402 Å². The van der Waals surface area contributed by atoms with Gasteiger partial charge in [0.05, 0.1) is 5.69 Å². The molecule has 0 N–H and O–H groups in total. The van der Waals surface area contributed by atoms with Crippen molar-refractivity contribution in [2.24, 2.45) is 0 Å². The molecule has 2 heteroatoms. The van der Waals surface area contributed by atoms with Gasteiger partial charge in [-0.25, -0.2) is 0 Å². The molecule has 324 valence electrons. The molecule has 2 nitrogen and oxygen atoms in total. The molecule has 0 radical (unpaired) electrons. The summed E-state index contributed by atoms with van der Waals surface area (Å²) in [5.41, 5.74) is 18.5. The second-order valence-electron chi connectivity index (χ2n) is 17.9. The van der Waals surface area contributed by atoms with Crippen molar-refractivity contribution in [3.05, 3.63) is 266 Å². The van der Waals surface area contributed by atoms with E-state index in [0.29, 0.717) is 6.61 Å². The first-order valence-corrected chi connectivity index (χ1v) is 23.8. The largest absolute Gasteiger partial charge is 0.488 e. The smallest absolute Gasteiger partial charge is 0.135 e. The molecule has 1 aliphatic heterocycles. The molecular weight excluding hydrogens is 835 g/mol. The van der Waals surface area contributed by atoms with Gasteiger partial charge in [-0.2, -0.15) is 0 Å². The molecule has 1 heterocycles. The lowest BCUT2D eigenvalue weighted by Gasteiger charge is -2.27. The zero-order valence-electron chi connectivity index (χ0n) is 37.9. The number of ether oxygens (including phenoxy) is 1. The van der Waals surface area contributed by atoms with Gasteiger partial charge in [0.25, 0.3) is 0 Å². The van der Waals surface area contributed by atoms with Crippen molar-refractivity contribution < 1.29 is 4.74 Å². The van der Waals surface area contributed by atoms with Crippen LogP contribution in [0, 0.1) is 0 Å². The number of rotatable bonds is 6. The zero-order chi connectivity index (χ0) is 45.7. The minimum absolute atomic E-state index is 0.444. The van der Waals surface area contributed by atoms with Crippen LogP contribution in [0.4, 0.5) is 17.1 Å². The van der Waals surface area contributed by atoms with Crippen LogP contribution in [-0.4, -0.2) is 0 Å². The van der Waals surface area contributed by atoms with Gasteiger partial charge in [-0.05, 0) is 125 Å². The van der Waals surface area contributed by atoms with Crippen LogP contribution < -0.4 is 9.64 Å². The Morgan fingerprint density at radius 2 is 0.797 bits per heavy atom. The second-order valence-corrected chi connectivity index (χ2v) is 17.9. The molecule has 0 fully saturated rings. The molecule has 1 aliphatic rings. The quantitative estimate of drug-likeness (QED) is 0.165. The summed E-state index contributed by atoms with van der Waals surface area (Å²) in [5, 5.41) is 7.00. The van der Waals surface area contributed by atoms with E-state index in [0.717, 1.165) is 55.7 Å². The number of benzene rings is 12. The summed E-state index contributed by atoms with van der Waals surface area (Å²) in [5.74, 6) is 0.904. The Morgan fingerprint density at radius 3 is 1.49 bits per heavy atom. The van der Waals surface area contributed by atoms with Crippen molar-refractivity contribution in [1.29, 1.82) is 0 Å². The normalized spacial score (nSPS) is 11.8. The van der Waals surface area contributed by atoms with Crippen LogP contribution in [0.25, 0.3) is 99.1 Å². The fourth-order valence-electron chi connectivity index (χ4n) is 10.7. The van der Waals surface area contributed by atoms with Crippen LogP contribution in [0.5, 0.6) is 5.75 Å². The molecular formula is C67H45NO. The average molecular weight is 880 g/mol. The fraction of sp³-hybridized carbons (Fsp3) is 0.0149. The molecule has 12 aromatic rings. The Hall–Kier alpha value is -8.98. The number of hydrogen-bond donors (Lipinski definition) is 0.